The van der Waals surface area contributed by atoms with Crippen molar-refractivity contribution in [2.75, 3.05) is 6.61 Å². The van der Waals surface area contributed by atoms with E-state index in [1.807, 2.05) is 6.07 Å². The summed E-state index contributed by atoms with van der Waals surface area (Å²) in [5.41, 5.74) is 0.984. The van der Waals surface area contributed by atoms with Crippen molar-refractivity contribution in [3.05, 3.63) is 17.7 Å². The van der Waals surface area contributed by atoms with Crippen LogP contribution in [0.15, 0.2) is 12.1 Å². The zero-order valence-electron chi connectivity index (χ0n) is 13.5. The van der Waals surface area contributed by atoms with Crippen molar-refractivity contribution in [1.29, 1.82) is 0 Å². The molecule has 120 valence electrons. The lowest BCUT2D eigenvalue weighted by Gasteiger charge is -2.14. The number of phenolic OH excluding ortho intramolecular Hbond substituents is 2. The Balaban J connectivity index is 2.46. The lowest BCUT2D eigenvalue weighted by atomic mass is 10.1. The van der Waals surface area contributed by atoms with Gasteiger partial charge in [-0.1, -0.05) is 58.4 Å². The van der Waals surface area contributed by atoms with E-state index in [1.54, 1.807) is 0 Å². The number of aromatic hydroxyl groups is 2. The van der Waals surface area contributed by atoms with E-state index in [2.05, 4.69) is 13.8 Å². The van der Waals surface area contributed by atoms with Gasteiger partial charge in [0.2, 0.25) is 5.75 Å². The number of hydrogen-bond donors (Lipinski definition) is 2. The summed E-state index contributed by atoms with van der Waals surface area (Å²) in [7, 11) is 0. The molecule has 1 aromatic carbocycles. The van der Waals surface area contributed by atoms with Gasteiger partial charge in [0.25, 0.3) is 0 Å². The fourth-order valence-electron chi connectivity index (χ4n) is 2.38. The van der Waals surface area contributed by atoms with Gasteiger partial charge in [-0.2, -0.15) is 0 Å². The molecule has 0 spiro atoms. The summed E-state index contributed by atoms with van der Waals surface area (Å²) in [4.78, 5) is 0. The number of aryl methyl sites for hydroxylation is 1. The Morgan fingerprint density at radius 2 is 1.52 bits per heavy atom. The molecule has 0 bridgehead atoms. The highest BCUT2D eigenvalue weighted by Gasteiger charge is 2.13. The molecular weight excluding hydrogens is 264 g/mol. The van der Waals surface area contributed by atoms with Crippen molar-refractivity contribution in [3.8, 4) is 17.2 Å². The molecular formula is C18H30O3. The van der Waals surface area contributed by atoms with Crippen molar-refractivity contribution >= 4 is 0 Å². The summed E-state index contributed by atoms with van der Waals surface area (Å²) in [6.07, 6.45) is 10.3. The van der Waals surface area contributed by atoms with Gasteiger partial charge in [0.1, 0.15) is 0 Å². The highest BCUT2D eigenvalue weighted by Crippen LogP contribution is 2.39. The van der Waals surface area contributed by atoms with Gasteiger partial charge in [-0.15, -0.1) is 0 Å². The van der Waals surface area contributed by atoms with Crippen LogP contribution in [0.3, 0.4) is 0 Å². The van der Waals surface area contributed by atoms with Gasteiger partial charge in [0.15, 0.2) is 11.5 Å². The lowest BCUT2D eigenvalue weighted by molar-refractivity contribution is 0.280. The standard InChI is InChI=1S/C18H30O3/c1-3-5-7-8-9-10-14-21-18-15(11-6-4-2)12-13-16(19)17(18)20/h12-13,19-20H,3-11,14H2,1-2H3. The minimum atomic E-state index is -0.116. The first-order valence-corrected chi connectivity index (χ1v) is 8.37. The minimum Gasteiger partial charge on any atom is -0.504 e. The molecule has 2 N–H and O–H groups in total. The van der Waals surface area contributed by atoms with E-state index in [1.165, 1.54) is 31.7 Å². The second-order valence-corrected chi connectivity index (χ2v) is 5.64. The van der Waals surface area contributed by atoms with Gasteiger partial charge in [-0.25, -0.2) is 0 Å². The van der Waals surface area contributed by atoms with Crippen LogP contribution in [-0.2, 0) is 6.42 Å². The van der Waals surface area contributed by atoms with Crippen LogP contribution in [0, 0.1) is 0 Å². The van der Waals surface area contributed by atoms with Gasteiger partial charge in [-0.3, -0.25) is 0 Å². The minimum absolute atomic E-state index is 0.104. The first kappa shape index (κ1) is 17.7. The average Bonchev–Trinajstić information content (AvgIpc) is 2.49. The van der Waals surface area contributed by atoms with E-state index >= 15 is 0 Å². The largest absolute Gasteiger partial charge is 0.504 e. The third-order valence-electron chi connectivity index (χ3n) is 3.74. The molecule has 0 saturated heterocycles. The van der Waals surface area contributed by atoms with Crippen LogP contribution in [0.5, 0.6) is 17.2 Å². The van der Waals surface area contributed by atoms with Crippen LogP contribution in [0.2, 0.25) is 0 Å². The molecule has 0 aromatic heterocycles. The molecule has 0 unspecified atom stereocenters. The van der Waals surface area contributed by atoms with Crippen molar-refractivity contribution in [3.63, 3.8) is 0 Å². The van der Waals surface area contributed by atoms with E-state index in [0.717, 1.165) is 37.7 Å². The molecule has 0 aliphatic heterocycles. The zero-order valence-corrected chi connectivity index (χ0v) is 13.5. The number of rotatable bonds is 11. The molecule has 0 heterocycles. The third-order valence-corrected chi connectivity index (χ3v) is 3.74. The second-order valence-electron chi connectivity index (χ2n) is 5.64. The molecule has 0 atom stereocenters. The van der Waals surface area contributed by atoms with Gasteiger partial charge in [0, 0.05) is 0 Å². The summed E-state index contributed by atoms with van der Waals surface area (Å²) in [6.45, 7) is 4.95. The maximum Gasteiger partial charge on any atom is 0.200 e. The Bertz CT molecular complexity index is 402. The summed E-state index contributed by atoms with van der Waals surface area (Å²) in [6, 6.07) is 3.39. The van der Waals surface area contributed by atoms with Crippen molar-refractivity contribution in [2.45, 2.75) is 71.6 Å². The number of ether oxygens (including phenoxy) is 1. The molecule has 0 aliphatic rings. The first-order valence-electron chi connectivity index (χ1n) is 8.37. The predicted octanol–water partition coefficient (Wildman–Crippen LogP) is 5.18. The molecule has 3 heteroatoms. The normalized spacial score (nSPS) is 10.8. The second kappa shape index (κ2) is 10.4. The Hall–Kier alpha value is -1.38. The third kappa shape index (κ3) is 6.28. The van der Waals surface area contributed by atoms with Crippen LogP contribution in [0.4, 0.5) is 0 Å². The predicted molar refractivity (Wildman–Crippen MR) is 87.3 cm³/mol. The maximum atomic E-state index is 9.98. The fourth-order valence-corrected chi connectivity index (χ4v) is 2.38. The number of benzene rings is 1. The summed E-state index contributed by atoms with van der Waals surface area (Å²) >= 11 is 0. The Kier molecular flexibility index (Phi) is 8.72. The Labute approximate surface area is 129 Å². The number of phenols is 2. The summed E-state index contributed by atoms with van der Waals surface area (Å²) in [5, 5.41) is 19.6. The topological polar surface area (TPSA) is 49.7 Å². The molecule has 0 fully saturated rings. The van der Waals surface area contributed by atoms with Gasteiger partial charge in [0.05, 0.1) is 6.61 Å². The molecule has 1 rings (SSSR count). The van der Waals surface area contributed by atoms with Gasteiger partial charge in [-0.05, 0) is 30.9 Å². The van der Waals surface area contributed by atoms with Gasteiger partial charge < -0.3 is 14.9 Å². The zero-order chi connectivity index (χ0) is 15.5. The molecule has 0 radical (unpaired) electrons. The van der Waals surface area contributed by atoms with Gasteiger partial charge >= 0.3 is 0 Å². The molecule has 21 heavy (non-hydrogen) atoms. The maximum absolute atomic E-state index is 9.98. The van der Waals surface area contributed by atoms with E-state index in [9.17, 15) is 10.2 Å². The summed E-state index contributed by atoms with van der Waals surface area (Å²) in [5.74, 6) is 0.250. The summed E-state index contributed by atoms with van der Waals surface area (Å²) < 4.78 is 5.74. The lowest BCUT2D eigenvalue weighted by Crippen LogP contribution is -2.01. The highest BCUT2D eigenvalue weighted by molar-refractivity contribution is 5.54. The van der Waals surface area contributed by atoms with E-state index < -0.39 is 0 Å². The van der Waals surface area contributed by atoms with Crippen LogP contribution in [-0.4, -0.2) is 16.8 Å². The van der Waals surface area contributed by atoms with Crippen LogP contribution < -0.4 is 4.74 Å². The number of unbranched alkanes of at least 4 members (excludes halogenated alkanes) is 6. The molecule has 1 aromatic rings. The molecule has 0 saturated carbocycles. The molecule has 3 nitrogen and oxygen atoms in total. The van der Waals surface area contributed by atoms with Crippen LogP contribution >= 0.6 is 0 Å². The van der Waals surface area contributed by atoms with Crippen LogP contribution in [0.1, 0.15) is 70.8 Å². The smallest absolute Gasteiger partial charge is 0.200 e. The van der Waals surface area contributed by atoms with E-state index in [-0.39, 0.29) is 11.5 Å². The quantitative estimate of drug-likeness (QED) is 0.437. The number of hydrogen-bond acceptors (Lipinski definition) is 3. The SMILES string of the molecule is CCCCCCCCOc1c(CCCC)ccc(O)c1O. The van der Waals surface area contributed by atoms with E-state index in [0.29, 0.717) is 12.4 Å². The Morgan fingerprint density at radius 3 is 2.24 bits per heavy atom. The Morgan fingerprint density at radius 1 is 0.857 bits per heavy atom. The first-order chi connectivity index (χ1) is 10.2. The van der Waals surface area contributed by atoms with Crippen molar-refractivity contribution in [1.82, 2.24) is 0 Å². The monoisotopic (exact) mass is 294 g/mol. The van der Waals surface area contributed by atoms with Crippen molar-refractivity contribution in [2.24, 2.45) is 0 Å². The molecule has 0 aliphatic carbocycles. The molecule has 0 amide bonds. The highest BCUT2D eigenvalue weighted by atomic mass is 16.5. The van der Waals surface area contributed by atoms with E-state index in [4.69, 9.17) is 4.74 Å². The van der Waals surface area contributed by atoms with Crippen LogP contribution in [0.25, 0.3) is 0 Å². The fraction of sp³-hybridized carbons (Fsp3) is 0.667. The van der Waals surface area contributed by atoms with Crippen molar-refractivity contribution < 1.29 is 14.9 Å². The average molecular weight is 294 g/mol.